The number of alkyl carbamates (subject to hydrolysis) is 1. The van der Waals surface area contributed by atoms with Crippen LogP contribution in [0.2, 0.25) is 0 Å². The molecule has 0 fully saturated rings. The zero-order valence-electron chi connectivity index (χ0n) is 22.3. The number of ether oxygens (including phenoxy) is 1. The number of aryl methyl sites for hydroxylation is 3. The number of rotatable bonds is 8. The lowest BCUT2D eigenvalue weighted by molar-refractivity contribution is 0.0526. The number of amides is 4. The van der Waals surface area contributed by atoms with Crippen molar-refractivity contribution in [1.82, 2.24) is 24.3 Å². The third-order valence-corrected chi connectivity index (χ3v) is 5.33. The molecule has 0 saturated heterocycles. The highest BCUT2D eigenvalue weighted by Crippen LogP contribution is 2.19. The number of anilines is 3. The molecule has 38 heavy (non-hydrogen) atoms. The quantitative estimate of drug-likeness (QED) is 0.282. The average Bonchev–Trinajstić information content (AvgIpc) is 3.45. The fourth-order valence-corrected chi connectivity index (χ4v) is 3.67. The molecule has 3 aromatic rings. The van der Waals surface area contributed by atoms with Crippen molar-refractivity contribution in [2.24, 2.45) is 21.1 Å². The first-order valence-electron chi connectivity index (χ1n) is 11.9. The van der Waals surface area contributed by atoms with Gasteiger partial charge in [-0.3, -0.25) is 14.4 Å². The number of aromatic nitrogens is 3. The van der Waals surface area contributed by atoms with E-state index in [1.807, 2.05) is 0 Å². The fraction of sp³-hybridized carbons (Fsp3) is 0.360. The number of hydrogen-bond acceptors (Lipinski definition) is 6. The number of nitrogens with zero attached hydrogens (tertiary/aromatic N) is 3. The highest BCUT2D eigenvalue weighted by atomic mass is 16.6. The van der Waals surface area contributed by atoms with Crippen molar-refractivity contribution in [3.8, 4) is 0 Å². The molecule has 204 valence electrons. The molecule has 13 nitrogen and oxygen atoms in total. The van der Waals surface area contributed by atoms with Crippen LogP contribution in [0.25, 0.3) is 0 Å². The summed E-state index contributed by atoms with van der Waals surface area (Å²) in [6.45, 7) is 5.67. The summed E-state index contributed by atoms with van der Waals surface area (Å²) < 4.78 is 9.92. The topological polar surface area (TPSA) is 166 Å². The highest BCUT2D eigenvalue weighted by Gasteiger charge is 2.19. The van der Waals surface area contributed by atoms with Gasteiger partial charge in [0.25, 0.3) is 17.7 Å². The number of nitrogen functional groups attached to an aromatic ring is 1. The smallest absolute Gasteiger partial charge is 0.407 e. The summed E-state index contributed by atoms with van der Waals surface area (Å²) in [4.78, 5) is 49.7. The Hall–Kier alpha value is -4.68. The van der Waals surface area contributed by atoms with E-state index in [0.717, 1.165) is 0 Å². The minimum Gasteiger partial charge on any atom is -0.444 e. The number of carbonyl (C=O) groups excluding carboxylic acids is 4. The first-order valence-corrected chi connectivity index (χ1v) is 11.9. The Labute approximate surface area is 220 Å². The first kappa shape index (κ1) is 27.9. The van der Waals surface area contributed by atoms with Gasteiger partial charge in [-0.2, -0.15) is 0 Å². The van der Waals surface area contributed by atoms with Crippen LogP contribution in [0.5, 0.6) is 0 Å². The molecular weight excluding hydrogens is 492 g/mol. The summed E-state index contributed by atoms with van der Waals surface area (Å²) in [6, 6.07) is 4.65. The summed E-state index contributed by atoms with van der Waals surface area (Å²) in [6.07, 6.45) is 4.29. The minimum absolute atomic E-state index is 0.193. The molecule has 0 atom stereocenters. The summed E-state index contributed by atoms with van der Waals surface area (Å²) in [5.74, 6) is -1.15. The normalized spacial score (nSPS) is 11.1. The Morgan fingerprint density at radius 1 is 0.737 bits per heavy atom. The van der Waals surface area contributed by atoms with Gasteiger partial charge in [-0.1, -0.05) is 0 Å². The van der Waals surface area contributed by atoms with E-state index in [2.05, 4.69) is 21.3 Å². The molecule has 3 rings (SSSR count). The standard InChI is InChI=1S/C25H34N8O5/c1-25(2,3)38-24(37)28-8-7-27-21(34)19-10-16(13-32(19)5)30-23(36)20-11-17(14-33(20)6)29-22(35)18-9-15(26)12-31(18)4/h9-14H,7-8,26H2,1-6H3,(H,27,34)(H,28,37)(H,29,35)(H,30,36). The van der Waals surface area contributed by atoms with E-state index in [0.29, 0.717) is 34.1 Å². The van der Waals surface area contributed by atoms with Gasteiger partial charge in [-0.15, -0.1) is 0 Å². The van der Waals surface area contributed by atoms with Crippen LogP contribution in [0, 0.1) is 0 Å². The highest BCUT2D eigenvalue weighted by molar-refractivity contribution is 6.07. The predicted molar refractivity (Wildman–Crippen MR) is 143 cm³/mol. The van der Waals surface area contributed by atoms with E-state index < -0.39 is 17.6 Å². The van der Waals surface area contributed by atoms with Crippen molar-refractivity contribution >= 4 is 40.9 Å². The fourth-order valence-electron chi connectivity index (χ4n) is 3.67. The minimum atomic E-state index is -0.608. The Balaban J connectivity index is 1.56. The number of nitrogens with two attached hydrogens (primary N) is 1. The van der Waals surface area contributed by atoms with Crippen LogP contribution in [0.3, 0.4) is 0 Å². The molecule has 3 aromatic heterocycles. The SMILES string of the molecule is Cn1cc(NC(=O)c2cc(NC(=O)c3cc(N)cn3C)cn2C)cc1C(=O)NCCNC(=O)OC(C)(C)C. The molecule has 0 bridgehead atoms. The summed E-state index contributed by atoms with van der Waals surface area (Å²) in [5, 5.41) is 10.8. The second-order valence-electron chi connectivity index (χ2n) is 9.81. The molecule has 6 N–H and O–H groups in total. The lowest BCUT2D eigenvalue weighted by Crippen LogP contribution is -2.38. The van der Waals surface area contributed by atoms with Crippen LogP contribution < -0.4 is 27.0 Å². The number of nitrogens with one attached hydrogen (secondary N) is 4. The van der Waals surface area contributed by atoms with Crippen molar-refractivity contribution in [3.05, 3.63) is 53.9 Å². The molecule has 0 aliphatic rings. The van der Waals surface area contributed by atoms with Crippen LogP contribution in [0.15, 0.2) is 36.8 Å². The van der Waals surface area contributed by atoms with Gasteiger partial charge in [0.05, 0.1) is 17.1 Å². The summed E-state index contributed by atoms with van der Waals surface area (Å²) in [7, 11) is 5.07. The molecule has 4 amide bonds. The van der Waals surface area contributed by atoms with Gasteiger partial charge in [0.15, 0.2) is 0 Å². The molecule has 0 saturated carbocycles. The zero-order valence-corrected chi connectivity index (χ0v) is 22.3. The van der Waals surface area contributed by atoms with E-state index >= 15 is 0 Å². The van der Waals surface area contributed by atoms with E-state index in [-0.39, 0.29) is 24.9 Å². The van der Waals surface area contributed by atoms with Crippen molar-refractivity contribution in [2.75, 3.05) is 29.5 Å². The molecule has 0 aliphatic carbocycles. The predicted octanol–water partition coefficient (Wildman–Crippen LogP) is 2.04. The van der Waals surface area contributed by atoms with Gasteiger partial charge in [0, 0.05) is 52.8 Å². The molecule has 0 unspecified atom stereocenters. The zero-order chi connectivity index (χ0) is 28.2. The van der Waals surface area contributed by atoms with Gasteiger partial charge in [0.2, 0.25) is 0 Å². The van der Waals surface area contributed by atoms with Crippen LogP contribution >= 0.6 is 0 Å². The third kappa shape index (κ3) is 7.18. The lowest BCUT2D eigenvalue weighted by atomic mass is 10.2. The second kappa shape index (κ2) is 11.2. The summed E-state index contributed by atoms with van der Waals surface area (Å²) >= 11 is 0. The van der Waals surface area contributed by atoms with Gasteiger partial charge in [0.1, 0.15) is 22.7 Å². The Morgan fingerprint density at radius 2 is 1.18 bits per heavy atom. The lowest BCUT2D eigenvalue weighted by Gasteiger charge is -2.19. The number of carbonyl (C=O) groups is 4. The molecule has 0 spiro atoms. The van der Waals surface area contributed by atoms with Crippen LogP contribution in [-0.2, 0) is 25.9 Å². The van der Waals surface area contributed by atoms with E-state index in [9.17, 15) is 19.2 Å². The van der Waals surface area contributed by atoms with Gasteiger partial charge in [-0.25, -0.2) is 4.79 Å². The largest absolute Gasteiger partial charge is 0.444 e. The van der Waals surface area contributed by atoms with E-state index in [1.54, 1.807) is 92.4 Å². The monoisotopic (exact) mass is 526 g/mol. The van der Waals surface area contributed by atoms with Crippen LogP contribution in [0.1, 0.15) is 52.2 Å². The van der Waals surface area contributed by atoms with Crippen molar-refractivity contribution in [3.63, 3.8) is 0 Å². The summed E-state index contributed by atoms with van der Waals surface area (Å²) in [5.41, 5.74) is 7.46. The maximum Gasteiger partial charge on any atom is 0.407 e. The molecular formula is C25H34N8O5. The maximum absolute atomic E-state index is 12.9. The second-order valence-corrected chi connectivity index (χ2v) is 9.81. The third-order valence-electron chi connectivity index (χ3n) is 5.33. The van der Waals surface area contributed by atoms with Crippen LogP contribution in [-0.4, -0.2) is 56.2 Å². The van der Waals surface area contributed by atoms with Gasteiger partial charge in [-0.05, 0) is 39.0 Å². The molecule has 3 heterocycles. The molecule has 13 heteroatoms. The van der Waals surface area contributed by atoms with Gasteiger partial charge >= 0.3 is 6.09 Å². The maximum atomic E-state index is 12.9. The Morgan fingerprint density at radius 3 is 1.66 bits per heavy atom. The Bertz CT molecular complexity index is 1360. The van der Waals surface area contributed by atoms with Gasteiger partial charge < -0.3 is 45.4 Å². The average molecular weight is 527 g/mol. The van der Waals surface area contributed by atoms with Crippen molar-refractivity contribution in [2.45, 2.75) is 26.4 Å². The number of hydrogen-bond donors (Lipinski definition) is 5. The Kier molecular flexibility index (Phi) is 8.19. The molecule has 0 aliphatic heterocycles. The molecule has 0 aromatic carbocycles. The molecule has 0 radical (unpaired) electrons. The van der Waals surface area contributed by atoms with Crippen molar-refractivity contribution < 1.29 is 23.9 Å². The van der Waals surface area contributed by atoms with E-state index in [4.69, 9.17) is 10.5 Å². The van der Waals surface area contributed by atoms with Crippen molar-refractivity contribution in [1.29, 1.82) is 0 Å². The first-order chi connectivity index (χ1) is 17.7. The van der Waals surface area contributed by atoms with E-state index in [1.165, 1.54) is 0 Å². The van der Waals surface area contributed by atoms with Crippen LogP contribution in [0.4, 0.5) is 21.9 Å².